The zero-order valence-electron chi connectivity index (χ0n) is 11.7. The van der Waals surface area contributed by atoms with E-state index in [4.69, 9.17) is 5.11 Å². The average molecular weight is 335 g/mol. The van der Waals surface area contributed by atoms with Gasteiger partial charge in [0.25, 0.3) is 10.0 Å². The van der Waals surface area contributed by atoms with Crippen LogP contribution in [0.1, 0.15) is 12.6 Å². The van der Waals surface area contributed by atoms with Crippen LogP contribution in [-0.2, 0) is 14.8 Å². The first-order valence-corrected chi connectivity index (χ1v) is 8.66. The van der Waals surface area contributed by atoms with Crippen LogP contribution in [0, 0.1) is 6.92 Å². The van der Waals surface area contributed by atoms with Crippen LogP contribution in [0.25, 0.3) is 0 Å². The molecule has 0 amide bonds. The van der Waals surface area contributed by atoms with E-state index >= 15 is 0 Å². The second-order valence-corrected chi connectivity index (χ2v) is 8.00. The topological polar surface area (TPSA) is 111 Å². The lowest BCUT2D eigenvalue weighted by molar-refractivity contribution is -0.143. The Balaban J connectivity index is 2.13. The number of thiazole rings is 1. The second kappa shape index (κ2) is 5.87. The molecule has 21 heavy (non-hydrogen) atoms. The predicted octanol–water partition coefficient (Wildman–Crippen LogP) is -0.476. The Morgan fingerprint density at radius 3 is 2.33 bits per heavy atom. The molecule has 1 aromatic rings. The molecule has 1 aliphatic rings. The highest BCUT2D eigenvalue weighted by Gasteiger charge is 2.33. The first-order chi connectivity index (χ1) is 9.73. The highest BCUT2D eigenvalue weighted by Crippen LogP contribution is 2.22. The van der Waals surface area contributed by atoms with Crippen LogP contribution in [0.5, 0.6) is 0 Å². The number of carboxylic acid groups (broad SMARTS) is 1. The van der Waals surface area contributed by atoms with Crippen LogP contribution in [0.2, 0.25) is 0 Å². The Bertz CT molecular complexity index is 685. The van der Waals surface area contributed by atoms with Crippen molar-refractivity contribution < 1.29 is 18.3 Å². The largest absolute Gasteiger partial charge is 0.480 e. The number of rotatable bonds is 4. The van der Waals surface area contributed by atoms with Crippen LogP contribution in [0.3, 0.4) is 0 Å². The van der Waals surface area contributed by atoms with Gasteiger partial charge < -0.3 is 10.1 Å². The molecule has 0 radical (unpaired) electrons. The minimum Gasteiger partial charge on any atom is -0.480 e. The van der Waals surface area contributed by atoms with Gasteiger partial charge in [-0.25, -0.2) is 8.42 Å². The average Bonchev–Trinajstić information content (AvgIpc) is 2.77. The van der Waals surface area contributed by atoms with Gasteiger partial charge in [0.15, 0.2) is 4.21 Å². The standard InChI is InChI=1S/C11H17N3O5S2/c1-7-10(20-11(17)12-7)21(18,19)14-5-3-13(4-6-14)8(2)9(15)16/h8H,3-6H2,1-2H3,(H,12,17)(H,15,16). The Morgan fingerprint density at radius 2 is 1.90 bits per heavy atom. The van der Waals surface area contributed by atoms with Crippen molar-refractivity contribution >= 4 is 27.3 Å². The third-order valence-corrected chi connectivity index (χ3v) is 7.01. The Labute approximate surface area is 126 Å². The second-order valence-electron chi connectivity index (χ2n) is 4.88. The van der Waals surface area contributed by atoms with Crippen molar-refractivity contribution in [2.45, 2.75) is 24.1 Å². The minimum atomic E-state index is -3.69. The highest BCUT2D eigenvalue weighted by atomic mass is 32.2. The molecule has 1 aromatic heterocycles. The van der Waals surface area contributed by atoms with Crippen molar-refractivity contribution in [1.29, 1.82) is 0 Å². The molecular formula is C11H17N3O5S2. The number of hydrogen-bond acceptors (Lipinski definition) is 6. The SMILES string of the molecule is Cc1[nH]c(=O)sc1S(=O)(=O)N1CCN(C(C)C(=O)O)CC1. The summed E-state index contributed by atoms with van der Waals surface area (Å²) in [6.45, 7) is 4.26. The van der Waals surface area contributed by atoms with E-state index in [1.54, 1.807) is 18.7 Å². The lowest BCUT2D eigenvalue weighted by atomic mass is 10.2. The Kier molecular flexibility index (Phi) is 4.51. The van der Waals surface area contributed by atoms with Gasteiger partial charge >= 0.3 is 10.8 Å². The molecule has 10 heteroatoms. The maximum atomic E-state index is 12.5. The van der Waals surface area contributed by atoms with Crippen molar-refractivity contribution in [2.24, 2.45) is 0 Å². The fourth-order valence-corrected chi connectivity index (χ4v) is 5.10. The summed E-state index contributed by atoms with van der Waals surface area (Å²) in [6.07, 6.45) is 0. The number of hydrogen-bond donors (Lipinski definition) is 2. The van der Waals surface area contributed by atoms with Gasteiger partial charge in [-0.3, -0.25) is 14.5 Å². The fourth-order valence-electron chi connectivity index (χ4n) is 2.24. The van der Waals surface area contributed by atoms with Crippen molar-refractivity contribution in [3.63, 3.8) is 0 Å². The normalized spacial score (nSPS) is 19.5. The van der Waals surface area contributed by atoms with E-state index < -0.39 is 26.9 Å². The van der Waals surface area contributed by atoms with Gasteiger partial charge in [0.2, 0.25) is 0 Å². The van der Waals surface area contributed by atoms with Crippen molar-refractivity contribution in [3.05, 3.63) is 15.4 Å². The van der Waals surface area contributed by atoms with E-state index in [1.807, 2.05) is 0 Å². The predicted molar refractivity (Wildman–Crippen MR) is 77.1 cm³/mol. The number of carbonyl (C=O) groups is 1. The molecule has 1 unspecified atom stereocenters. The van der Waals surface area contributed by atoms with E-state index in [2.05, 4.69) is 4.98 Å². The molecule has 0 bridgehead atoms. The summed E-state index contributed by atoms with van der Waals surface area (Å²) >= 11 is 0.678. The summed E-state index contributed by atoms with van der Waals surface area (Å²) in [5, 5.41) is 8.97. The van der Waals surface area contributed by atoms with Gasteiger partial charge in [0, 0.05) is 31.9 Å². The van der Waals surface area contributed by atoms with E-state index in [-0.39, 0.29) is 17.3 Å². The summed E-state index contributed by atoms with van der Waals surface area (Å²) in [6, 6.07) is -0.639. The van der Waals surface area contributed by atoms with Gasteiger partial charge in [-0.05, 0) is 13.8 Å². The Hall–Kier alpha value is -1.23. The van der Waals surface area contributed by atoms with Gasteiger partial charge in [-0.15, -0.1) is 0 Å². The number of aliphatic carboxylic acids is 1. The number of aromatic amines is 1. The van der Waals surface area contributed by atoms with E-state index in [0.29, 0.717) is 30.1 Å². The summed E-state index contributed by atoms with van der Waals surface area (Å²) in [4.78, 5) is 26.0. The van der Waals surface area contributed by atoms with Gasteiger partial charge in [-0.1, -0.05) is 11.3 Å². The molecule has 0 aliphatic carbocycles. The number of nitrogens with one attached hydrogen (secondary N) is 1. The fraction of sp³-hybridized carbons (Fsp3) is 0.636. The van der Waals surface area contributed by atoms with Crippen LogP contribution in [-0.4, -0.2) is 65.9 Å². The number of carboxylic acids is 1. The molecule has 1 atom stereocenters. The van der Waals surface area contributed by atoms with E-state index in [9.17, 15) is 18.0 Å². The van der Waals surface area contributed by atoms with Crippen LogP contribution >= 0.6 is 11.3 Å². The minimum absolute atomic E-state index is 0.0345. The summed E-state index contributed by atoms with van der Waals surface area (Å²) < 4.78 is 26.3. The van der Waals surface area contributed by atoms with Crippen LogP contribution < -0.4 is 4.87 Å². The molecule has 1 aliphatic heterocycles. The lowest BCUT2D eigenvalue weighted by Gasteiger charge is -2.35. The Morgan fingerprint density at radius 1 is 1.33 bits per heavy atom. The molecule has 2 rings (SSSR count). The highest BCUT2D eigenvalue weighted by molar-refractivity contribution is 7.91. The summed E-state index contributed by atoms with van der Waals surface area (Å²) in [5.74, 6) is -0.925. The number of H-pyrrole nitrogens is 1. The maximum absolute atomic E-state index is 12.5. The quantitative estimate of drug-likeness (QED) is 0.769. The van der Waals surface area contributed by atoms with Crippen LogP contribution in [0.15, 0.2) is 9.00 Å². The smallest absolute Gasteiger partial charge is 0.320 e. The molecule has 8 nitrogen and oxygen atoms in total. The third-order valence-electron chi connectivity index (χ3n) is 3.53. The van der Waals surface area contributed by atoms with Crippen LogP contribution in [0.4, 0.5) is 0 Å². The van der Waals surface area contributed by atoms with E-state index in [0.717, 1.165) is 0 Å². The third kappa shape index (κ3) is 3.18. The molecule has 118 valence electrons. The zero-order valence-corrected chi connectivity index (χ0v) is 13.3. The molecule has 2 N–H and O–H groups in total. The van der Waals surface area contributed by atoms with E-state index in [1.165, 1.54) is 4.31 Å². The number of sulfonamides is 1. The molecule has 1 fully saturated rings. The summed E-state index contributed by atoms with van der Waals surface area (Å²) in [5.41, 5.74) is 0.339. The number of nitrogens with zero attached hydrogens (tertiary/aromatic N) is 2. The van der Waals surface area contributed by atoms with Gasteiger partial charge in [0.05, 0.1) is 0 Å². The molecule has 0 spiro atoms. The first kappa shape index (κ1) is 16.1. The number of piperazine rings is 1. The zero-order chi connectivity index (χ0) is 15.8. The number of aryl methyl sites for hydroxylation is 1. The monoisotopic (exact) mass is 335 g/mol. The lowest BCUT2D eigenvalue weighted by Crippen LogP contribution is -2.53. The maximum Gasteiger partial charge on any atom is 0.320 e. The molecule has 2 heterocycles. The van der Waals surface area contributed by atoms with Crippen molar-refractivity contribution in [2.75, 3.05) is 26.2 Å². The molecular weight excluding hydrogens is 318 g/mol. The summed E-state index contributed by atoms with van der Waals surface area (Å²) in [7, 11) is -3.69. The van der Waals surface area contributed by atoms with Gasteiger partial charge in [0.1, 0.15) is 6.04 Å². The van der Waals surface area contributed by atoms with Crippen molar-refractivity contribution in [3.8, 4) is 0 Å². The molecule has 0 saturated carbocycles. The van der Waals surface area contributed by atoms with Gasteiger partial charge in [-0.2, -0.15) is 4.31 Å². The molecule has 0 aromatic carbocycles. The number of aromatic nitrogens is 1. The van der Waals surface area contributed by atoms with Crippen molar-refractivity contribution in [1.82, 2.24) is 14.2 Å². The first-order valence-electron chi connectivity index (χ1n) is 6.40. The molecule has 1 saturated heterocycles.